The average Bonchev–Trinajstić information content (AvgIpc) is 2.54. The smallest absolute Gasteiger partial charge is 0.416 e. The highest BCUT2D eigenvalue weighted by molar-refractivity contribution is 5.71. The van der Waals surface area contributed by atoms with Crippen LogP contribution < -0.4 is 5.32 Å². The van der Waals surface area contributed by atoms with E-state index in [1.165, 1.54) is 6.92 Å². The number of hydrogen-bond donors (Lipinski definition) is 3. The summed E-state index contributed by atoms with van der Waals surface area (Å²) >= 11 is 0. The second-order valence-corrected chi connectivity index (χ2v) is 6.94. The Bertz CT molecular complexity index is 778. The Labute approximate surface area is 154 Å². The van der Waals surface area contributed by atoms with Crippen molar-refractivity contribution in [2.75, 3.05) is 25.5 Å². The van der Waals surface area contributed by atoms with E-state index in [1.807, 2.05) is 11.9 Å². The van der Waals surface area contributed by atoms with Crippen molar-refractivity contribution in [3.63, 3.8) is 0 Å². The van der Waals surface area contributed by atoms with Crippen LogP contribution >= 0.6 is 0 Å². The predicted octanol–water partition coefficient (Wildman–Crippen LogP) is 2.65. The van der Waals surface area contributed by atoms with Crippen molar-refractivity contribution < 1.29 is 23.4 Å². The Morgan fingerprint density at radius 3 is 2.48 bits per heavy atom. The zero-order chi connectivity index (χ0) is 19.8. The normalized spacial score (nSPS) is 21.3. The van der Waals surface area contributed by atoms with Crippen LogP contribution in [-0.2, 0) is 6.18 Å². The largest absolute Gasteiger partial charge is 0.507 e. The number of nitrogens with zero attached hydrogens (tertiary/aromatic N) is 3. The fourth-order valence-electron chi connectivity index (χ4n) is 3.41. The number of aliphatic hydroxyl groups excluding tert-OH is 1. The summed E-state index contributed by atoms with van der Waals surface area (Å²) in [6.45, 7) is 2.85. The summed E-state index contributed by atoms with van der Waals surface area (Å²) in [6, 6.07) is 4.92. The van der Waals surface area contributed by atoms with Gasteiger partial charge in [0.1, 0.15) is 11.6 Å². The Morgan fingerprint density at radius 2 is 1.93 bits per heavy atom. The highest BCUT2D eigenvalue weighted by atomic mass is 19.4. The number of aliphatic hydroxyl groups is 1. The Morgan fingerprint density at radius 1 is 1.19 bits per heavy atom. The van der Waals surface area contributed by atoms with Gasteiger partial charge in [-0.1, -0.05) is 0 Å². The van der Waals surface area contributed by atoms with E-state index < -0.39 is 23.6 Å². The van der Waals surface area contributed by atoms with Crippen LogP contribution in [0.4, 0.5) is 19.0 Å². The molecule has 1 aliphatic heterocycles. The first-order valence-electron chi connectivity index (χ1n) is 8.51. The summed E-state index contributed by atoms with van der Waals surface area (Å²) in [4.78, 5) is 2.01. The molecule has 146 valence electrons. The summed E-state index contributed by atoms with van der Waals surface area (Å²) in [7, 11) is 1.92. The number of aryl methyl sites for hydroxylation is 1. The summed E-state index contributed by atoms with van der Waals surface area (Å²) in [5.74, 6) is 0.00432. The predicted molar refractivity (Wildman–Crippen MR) is 94.4 cm³/mol. The third kappa shape index (κ3) is 4.48. The fraction of sp³-hybridized carbons (Fsp3) is 0.444. The second kappa shape index (κ2) is 7.32. The third-order valence-corrected chi connectivity index (χ3v) is 4.53. The first-order chi connectivity index (χ1) is 12.6. The number of alkyl halides is 3. The first-order valence-corrected chi connectivity index (χ1v) is 8.51. The molecule has 6 nitrogen and oxygen atoms in total. The number of aromatic hydroxyl groups is 1. The van der Waals surface area contributed by atoms with E-state index >= 15 is 0 Å². The molecule has 0 amide bonds. The van der Waals surface area contributed by atoms with E-state index in [9.17, 15) is 23.4 Å². The van der Waals surface area contributed by atoms with Crippen LogP contribution in [0.2, 0.25) is 0 Å². The number of hydrogen-bond acceptors (Lipinski definition) is 6. The Hall–Kier alpha value is -2.39. The monoisotopic (exact) mass is 382 g/mol. The highest BCUT2D eigenvalue weighted by Gasteiger charge is 2.32. The van der Waals surface area contributed by atoms with E-state index in [0.29, 0.717) is 24.8 Å². The van der Waals surface area contributed by atoms with E-state index in [-0.39, 0.29) is 22.9 Å². The molecule has 0 radical (unpaired) electrons. The van der Waals surface area contributed by atoms with Gasteiger partial charge in [-0.25, -0.2) is 0 Å². The summed E-state index contributed by atoms with van der Waals surface area (Å²) in [5.41, 5.74) is -0.151. The van der Waals surface area contributed by atoms with Crippen molar-refractivity contribution in [2.45, 2.75) is 31.7 Å². The molecule has 1 aromatic carbocycles. The molecule has 27 heavy (non-hydrogen) atoms. The molecule has 0 unspecified atom stereocenters. The minimum atomic E-state index is -4.53. The Balaban J connectivity index is 1.79. The molecule has 1 aromatic heterocycles. The highest BCUT2D eigenvalue weighted by Crippen LogP contribution is 2.38. The van der Waals surface area contributed by atoms with E-state index in [2.05, 4.69) is 15.5 Å². The van der Waals surface area contributed by atoms with Crippen LogP contribution in [-0.4, -0.2) is 57.6 Å². The van der Waals surface area contributed by atoms with E-state index in [1.54, 1.807) is 12.1 Å². The molecule has 1 fully saturated rings. The van der Waals surface area contributed by atoms with Crippen molar-refractivity contribution in [3.8, 4) is 17.0 Å². The van der Waals surface area contributed by atoms with Gasteiger partial charge in [-0.3, -0.25) is 0 Å². The topological polar surface area (TPSA) is 81.5 Å². The minimum Gasteiger partial charge on any atom is -0.507 e. The van der Waals surface area contributed by atoms with Crippen LogP contribution in [0.25, 0.3) is 11.3 Å². The maximum atomic E-state index is 12.8. The van der Waals surface area contributed by atoms with Gasteiger partial charge < -0.3 is 20.4 Å². The number of halogens is 3. The molecule has 3 N–H and O–H groups in total. The average molecular weight is 382 g/mol. The van der Waals surface area contributed by atoms with Gasteiger partial charge in [-0.2, -0.15) is 13.2 Å². The number of anilines is 1. The first kappa shape index (κ1) is 19.4. The van der Waals surface area contributed by atoms with E-state index in [4.69, 9.17) is 0 Å². The van der Waals surface area contributed by atoms with Crippen LogP contribution in [0.1, 0.15) is 17.5 Å². The number of likely N-dealkylation sites (tertiary alicyclic amines) is 1. The number of rotatable bonds is 3. The van der Waals surface area contributed by atoms with Crippen molar-refractivity contribution in [1.29, 1.82) is 0 Å². The number of β-amino-alcohol motifs (C(OH)–C–C–N with tert-alkyl or cyclic N) is 1. The van der Waals surface area contributed by atoms with E-state index in [0.717, 1.165) is 12.6 Å². The maximum absolute atomic E-state index is 12.8. The van der Waals surface area contributed by atoms with Crippen molar-refractivity contribution in [3.05, 3.63) is 35.4 Å². The number of benzene rings is 1. The molecule has 2 atom stereocenters. The van der Waals surface area contributed by atoms with Crippen molar-refractivity contribution in [2.24, 2.45) is 0 Å². The lowest BCUT2D eigenvalue weighted by Crippen LogP contribution is -2.46. The lowest BCUT2D eigenvalue weighted by Gasteiger charge is -2.33. The molecule has 9 heteroatoms. The van der Waals surface area contributed by atoms with Gasteiger partial charge in [-0.05, 0) is 50.2 Å². The standard InChI is InChI=1S/C18H21F3N4O2/c1-10-5-11(18(19,20)21)6-15(27)17(10)14-3-4-16(24-23-14)22-12-7-13(26)9-25(2)8-12/h3-6,12-13,26-27H,7-9H2,1-2H3,(H,22,24)/t12-,13+/m1/s1. The number of phenols is 1. The van der Waals surface area contributed by atoms with Gasteiger partial charge in [0.05, 0.1) is 17.4 Å². The van der Waals surface area contributed by atoms with Crippen LogP contribution in [0, 0.1) is 6.92 Å². The number of nitrogens with one attached hydrogen (secondary N) is 1. The molecule has 0 aliphatic carbocycles. The lowest BCUT2D eigenvalue weighted by molar-refractivity contribution is -0.137. The third-order valence-electron chi connectivity index (χ3n) is 4.53. The second-order valence-electron chi connectivity index (χ2n) is 6.94. The molecular weight excluding hydrogens is 361 g/mol. The summed E-state index contributed by atoms with van der Waals surface area (Å²) in [5, 5.41) is 31.2. The number of aromatic nitrogens is 2. The van der Waals surface area contributed by atoms with Crippen molar-refractivity contribution in [1.82, 2.24) is 15.1 Å². The number of likely N-dealkylation sites (N-methyl/N-ethyl adjacent to an activating group) is 1. The lowest BCUT2D eigenvalue weighted by atomic mass is 10.0. The molecular formula is C18H21F3N4O2. The Kier molecular flexibility index (Phi) is 5.25. The molecule has 0 spiro atoms. The fourth-order valence-corrected chi connectivity index (χ4v) is 3.41. The maximum Gasteiger partial charge on any atom is 0.416 e. The van der Waals surface area contributed by atoms with Crippen molar-refractivity contribution >= 4 is 5.82 Å². The van der Waals surface area contributed by atoms with Gasteiger partial charge >= 0.3 is 6.18 Å². The SMILES string of the molecule is Cc1cc(C(F)(F)F)cc(O)c1-c1ccc(N[C@@H]2C[C@H](O)CN(C)C2)nn1. The van der Waals surface area contributed by atoms with Crippen LogP contribution in [0.3, 0.4) is 0 Å². The molecule has 3 rings (SSSR count). The molecule has 1 aliphatic rings. The van der Waals surface area contributed by atoms with Gasteiger partial charge in [-0.15, -0.1) is 10.2 Å². The van der Waals surface area contributed by atoms with Gasteiger partial charge in [0.2, 0.25) is 0 Å². The van der Waals surface area contributed by atoms with Crippen LogP contribution in [0.5, 0.6) is 5.75 Å². The molecule has 1 saturated heterocycles. The molecule has 0 saturated carbocycles. The minimum absolute atomic E-state index is 0.0140. The zero-order valence-electron chi connectivity index (χ0n) is 15.0. The number of piperidine rings is 1. The van der Waals surface area contributed by atoms with Gasteiger partial charge in [0.25, 0.3) is 0 Å². The molecule has 2 heterocycles. The quantitative estimate of drug-likeness (QED) is 0.757. The summed E-state index contributed by atoms with van der Waals surface area (Å²) < 4.78 is 38.5. The summed E-state index contributed by atoms with van der Waals surface area (Å²) in [6.07, 6.45) is -4.36. The van der Waals surface area contributed by atoms with Gasteiger partial charge in [0, 0.05) is 24.7 Å². The molecule has 0 bridgehead atoms. The van der Waals surface area contributed by atoms with Crippen LogP contribution in [0.15, 0.2) is 24.3 Å². The zero-order valence-corrected chi connectivity index (χ0v) is 15.0. The van der Waals surface area contributed by atoms with Gasteiger partial charge in [0.15, 0.2) is 0 Å². The molecule has 2 aromatic rings. The number of phenolic OH excluding ortho intramolecular Hbond substituents is 1.